The van der Waals surface area contributed by atoms with Crippen molar-refractivity contribution in [1.29, 1.82) is 0 Å². The smallest absolute Gasteiger partial charge is 0.326 e. The van der Waals surface area contributed by atoms with Crippen molar-refractivity contribution in [2.75, 3.05) is 0 Å². The fourth-order valence-corrected chi connectivity index (χ4v) is 1.48. The molecule has 0 bridgehead atoms. The molecule has 0 spiro atoms. The Bertz CT molecular complexity index is 547. The molecule has 1 rings (SSSR count). The van der Waals surface area contributed by atoms with Crippen molar-refractivity contribution in [3.05, 3.63) is 29.6 Å². The molecule has 8 heteroatoms. The third-order valence-corrected chi connectivity index (χ3v) is 2.49. The topological polar surface area (TPSA) is 130 Å². The van der Waals surface area contributed by atoms with Gasteiger partial charge in [-0.05, 0) is 18.6 Å². The Labute approximate surface area is 113 Å². The predicted molar refractivity (Wildman–Crippen MR) is 65.4 cm³/mol. The first-order valence-corrected chi connectivity index (χ1v) is 5.61. The number of phenols is 1. The van der Waals surface area contributed by atoms with Crippen LogP contribution in [0.4, 0.5) is 4.39 Å². The molecule has 2 amide bonds. The number of amides is 2. The maximum Gasteiger partial charge on any atom is 0.326 e. The lowest BCUT2D eigenvalue weighted by atomic mass is 10.1. The largest absolute Gasteiger partial charge is 0.507 e. The zero-order valence-electron chi connectivity index (χ0n) is 10.3. The van der Waals surface area contributed by atoms with Gasteiger partial charge in [0.2, 0.25) is 5.91 Å². The number of hydrogen-bond acceptors (Lipinski definition) is 4. The molecule has 0 radical (unpaired) electrons. The van der Waals surface area contributed by atoms with Crippen LogP contribution in [0.5, 0.6) is 5.75 Å². The number of phenolic OH excluding ortho intramolecular Hbond substituents is 1. The first-order chi connectivity index (χ1) is 9.31. The minimum atomic E-state index is -1.35. The average Bonchev–Trinajstić information content (AvgIpc) is 2.33. The lowest BCUT2D eigenvalue weighted by Crippen LogP contribution is -2.41. The molecule has 0 aromatic heterocycles. The molecule has 1 atom stereocenters. The van der Waals surface area contributed by atoms with Crippen molar-refractivity contribution in [3.63, 3.8) is 0 Å². The zero-order valence-corrected chi connectivity index (χ0v) is 10.3. The van der Waals surface area contributed by atoms with Gasteiger partial charge < -0.3 is 21.3 Å². The monoisotopic (exact) mass is 284 g/mol. The van der Waals surface area contributed by atoms with E-state index in [-0.39, 0.29) is 18.4 Å². The number of nitrogens with one attached hydrogen (secondary N) is 1. The van der Waals surface area contributed by atoms with Gasteiger partial charge in [-0.3, -0.25) is 9.59 Å². The Kier molecular flexibility index (Phi) is 5.01. The molecule has 20 heavy (non-hydrogen) atoms. The Morgan fingerprint density at radius 3 is 2.50 bits per heavy atom. The molecule has 0 saturated carbocycles. The SMILES string of the molecule is NC(=O)CC[C@@H](NC(=O)c1ccc(F)cc1O)C(=O)O. The number of rotatable bonds is 6. The lowest BCUT2D eigenvalue weighted by molar-refractivity contribution is -0.139. The molecule has 0 aliphatic rings. The molecule has 0 fully saturated rings. The second kappa shape index (κ2) is 6.50. The van der Waals surface area contributed by atoms with E-state index in [0.29, 0.717) is 0 Å². The van der Waals surface area contributed by atoms with Gasteiger partial charge in [0.15, 0.2) is 0 Å². The third-order valence-electron chi connectivity index (χ3n) is 2.49. The molecule has 1 aromatic rings. The maximum atomic E-state index is 12.8. The summed E-state index contributed by atoms with van der Waals surface area (Å²) in [7, 11) is 0. The van der Waals surface area contributed by atoms with Gasteiger partial charge in [-0.1, -0.05) is 0 Å². The molecule has 5 N–H and O–H groups in total. The first-order valence-electron chi connectivity index (χ1n) is 5.61. The van der Waals surface area contributed by atoms with Gasteiger partial charge in [0.25, 0.3) is 5.91 Å². The number of hydrogen-bond donors (Lipinski definition) is 4. The van der Waals surface area contributed by atoms with E-state index in [1.54, 1.807) is 0 Å². The summed E-state index contributed by atoms with van der Waals surface area (Å²) in [6, 6.07) is 1.37. The average molecular weight is 284 g/mol. The van der Waals surface area contributed by atoms with Crippen LogP contribution in [0, 0.1) is 5.82 Å². The summed E-state index contributed by atoms with van der Waals surface area (Å²) in [6.07, 6.45) is -0.398. The molecular formula is C12H13FN2O5. The van der Waals surface area contributed by atoms with Gasteiger partial charge in [0.05, 0.1) is 5.56 Å². The van der Waals surface area contributed by atoms with E-state index in [0.717, 1.165) is 18.2 Å². The normalized spacial score (nSPS) is 11.7. The third kappa shape index (κ3) is 4.23. The summed E-state index contributed by atoms with van der Waals surface area (Å²) >= 11 is 0. The van der Waals surface area contributed by atoms with Crippen molar-refractivity contribution < 1.29 is 29.0 Å². The highest BCUT2D eigenvalue weighted by Gasteiger charge is 2.22. The molecule has 1 aromatic carbocycles. The fraction of sp³-hybridized carbons (Fsp3) is 0.250. The van der Waals surface area contributed by atoms with Crippen LogP contribution in [0.3, 0.4) is 0 Å². The summed E-state index contributed by atoms with van der Waals surface area (Å²) in [5.41, 5.74) is 4.63. The van der Waals surface area contributed by atoms with Gasteiger partial charge in [-0.15, -0.1) is 0 Å². The molecule has 0 saturated heterocycles. The van der Waals surface area contributed by atoms with Crippen LogP contribution in [0.1, 0.15) is 23.2 Å². The minimum Gasteiger partial charge on any atom is -0.507 e. The lowest BCUT2D eigenvalue weighted by Gasteiger charge is -2.14. The van der Waals surface area contributed by atoms with Crippen LogP contribution in [-0.4, -0.2) is 34.0 Å². The summed E-state index contributed by atoms with van der Waals surface area (Å²) in [5, 5.41) is 20.4. The second-order valence-corrected chi connectivity index (χ2v) is 4.03. The van der Waals surface area contributed by atoms with Crippen LogP contribution in [0.15, 0.2) is 18.2 Å². The summed E-state index contributed by atoms with van der Waals surface area (Å²) in [6.45, 7) is 0. The standard InChI is InChI=1S/C12H13FN2O5/c13-6-1-2-7(9(16)5-6)11(18)15-8(12(19)20)3-4-10(14)17/h1-2,5,8,16H,3-4H2,(H2,14,17)(H,15,18)(H,19,20)/t8-/m1/s1. The van der Waals surface area contributed by atoms with Gasteiger partial charge in [0.1, 0.15) is 17.6 Å². The Morgan fingerprint density at radius 2 is 2.00 bits per heavy atom. The number of nitrogens with two attached hydrogens (primary N) is 1. The van der Waals surface area contributed by atoms with Crippen molar-refractivity contribution >= 4 is 17.8 Å². The Hall–Kier alpha value is -2.64. The number of carboxylic acid groups (broad SMARTS) is 1. The molecular weight excluding hydrogens is 271 g/mol. The predicted octanol–water partition coefficient (Wildman–Crippen LogP) is -0.0202. The molecule has 7 nitrogen and oxygen atoms in total. The number of aliphatic carboxylic acids is 1. The van der Waals surface area contributed by atoms with Crippen LogP contribution in [0.25, 0.3) is 0 Å². The number of carbonyl (C=O) groups is 3. The van der Waals surface area contributed by atoms with Crippen molar-refractivity contribution in [2.45, 2.75) is 18.9 Å². The summed E-state index contributed by atoms with van der Waals surface area (Å²) < 4.78 is 12.8. The van der Waals surface area contributed by atoms with Crippen molar-refractivity contribution in [2.24, 2.45) is 5.73 Å². The van der Waals surface area contributed by atoms with E-state index >= 15 is 0 Å². The van der Waals surface area contributed by atoms with Crippen molar-refractivity contribution in [1.82, 2.24) is 5.32 Å². The number of aromatic hydroxyl groups is 1. The van der Waals surface area contributed by atoms with Gasteiger partial charge in [-0.25, -0.2) is 9.18 Å². The Balaban J connectivity index is 2.80. The van der Waals surface area contributed by atoms with E-state index in [9.17, 15) is 23.9 Å². The first kappa shape index (κ1) is 15.4. The fourth-order valence-electron chi connectivity index (χ4n) is 1.48. The molecule has 0 unspecified atom stereocenters. The number of carbonyl (C=O) groups excluding carboxylic acids is 2. The van der Waals surface area contributed by atoms with Crippen molar-refractivity contribution in [3.8, 4) is 5.75 Å². The van der Waals surface area contributed by atoms with Gasteiger partial charge in [0, 0.05) is 12.5 Å². The number of primary amides is 1. The highest BCUT2D eigenvalue weighted by molar-refractivity contribution is 5.98. The van der Waals surface area contributed by atoms with E-state index in [4.69, 9.17) is 10.8 Å². The highest BCUT2D eigenvalue weighted by atomic mass is 19.1. The van der Waals surface area contributed by atoms with Crippen LogP contribution >= 0.6 is 0 Å². The highest BCUT2D eigenvalue weighted by Crippen LogP contribution is 2.18. The second-order valence-electron chi connectivity index (χ2n) is 4.03. The van der Waals surface area contributed by atoms with Crippen LogP contribution in [0.2, 0.25) is 0 Å². The van der Waals surface area contributed by atoms with E-state index in [1.165, 1.54) is 0 Å². The van der Waals surface area contributed by atoms with Gasteiger partial charge >= 0.3 is 5.97 Å². The number of carboxylic acids is 1. The molecule has 0 aliphatic heterocycles. The van der Waals surface area contributed by atoms with Gasteiger partial charge in [-0.2, -0.15) is 0 Å². The van der Waals surface area contributed by atoms with Crippen LogP contribution < -0.4 is 11.1 Å². The Morgan fingerprint density at radius 1 is 1.35 bits per heavy atom. The minimum absolute atomic E-state index is 0.182. The quantitative estimate of drug-likeness (QED) is 0.583. The molecule has 108 valence electrons. The summed E-state index contributed by atoms with van der Waals surface area (Å²) in [5.74, 6) is -4.28. The van der Waals surface area contributed by atoms with E-state index in [2.05, 4.69) is 5.32 Å². The van der Waals surface area contributed by atoms with Crippen LogP contribution in [-0.2, 0) is 9.59 Å². The van der Waals surface area contributed by atoms with E-state index < -0.39 is 35.4 Å². The number of benzene rings is 1. The summed E-state index contributed by atoms with van der Waals surface area (Å²) in [4.78, 5) is 33.3. The van der Waals surface area contributed by atoms with E-state index in [1.807, 2.05) is 0 Å². The number of halogens is 1. The zero-order chi connectivity index (χ0) is 15.3. The maximum absolute atomic E-state index is 12.8. The molecule has 0 aliphatic carbocycles. The molecule has 0 heterocycles.